The summed E-state index contributed by atoms with van der Waals surface area (Å²) in [6.07, 6.45) is -1.74. The number of aromatic nitrogens is 3. The number of hydrogen-bond donors (Lipinski definition) is 1. The number of rotatable bonds is 3. The lowest BCUT2D eigenvalue weighted by Gasteiger charge is -2.11. The molecular formula is C15H10F3N3O2. The lowest BCUT2D eigenvalue weighted by Crippen LogP contribution is -2.15. The Morgan fingerprint density at radius 1 is 1.17 bits per heavy atom. The average Bonchev–Trinajstić information content (AvgIpc) is 2.87. The van der Waals surface area contributed by atoms with Gasteiger partial charge in [0.25, 0.3) is 0 Å². The van der Waals surface area contributed by atoms with Crippen molar-refractivity contribution in [2.75, 3.05) is 0 Å². The van der Waals surface area contributed by atoms with Crippen LogP contribution in [0.1, 0.15) is 21.7 Å². The van der Waals surface area contributed by atoms with Gasteiger partial charge in [-0.05, 0) is 29.8 Å². The highest BCUT2D eigenvalue weighted by atomic mass is 19.4. The lowest BCUT2D eigenvalue weighted by molar-refractivity contribution is -0.146. The molecule has 1 aromatic carbocycles. The van der Waals surface area contributed by atoms with Gasteiger partial charge in [0.2, 0.25) is 5.82 Å². The van der Waals surface area contributed by atoms with Crippen LogP contribution in [0.15, 0.2) is 42.7 Å². The Kier molecular flexibility index (Phi) is 3.51. The van der Waals surface area contributed by atoms with Crippen molar-refractivity contribution in [1.29, 1.82) is 0 Å². The van der Waals surface area contributed by atoms with E-state index in [0.29, 0.717) is 5.56 Å². The van der Waals surface area contributed by atoms with Crippen LogP contribution >= 0.6 is 0 Å². The van der Waals surface area contributed by atoms with E-state index in [1.54, 1.807) is 12.1 Å². The summed E-state index contributed by atoms with van der Waals surface area (Å²) in [5.41, 5.74) is 0.280. The number of carbonyl (C=O) groups is 1. The molecule has 3 rings (SSSR count). The van der Waals surface area contributed by atoms with Gasteiger partial charge in [-0.3, -0.25) is 4.98 Å². The van der Waals surface area contributed by atoms with Crippen LogP contribution in [-0.2, 0) is 12.7 Å². The molecule has 0 saturated heterocycles. The smallest absolute Gasteiger partial charge is 0.449 e. The van der Waals surface area contributed by atoms with Crippen LogP contribution in [0.2, 0.25) is 0 Å². The van der Waals surface area contributed by atoms with E-state index in [-0.39, 0.29) is 23.1 Å². The van der Waals surface area contributed by atoms with Gasteiger partial charge in [-0.1, -0.05) is 6.07 Å². The topological polar surface area (TPSA) is 68.0 Å². The van der Waals surface area contributed by atoms with E-state index in [0.717, 1.165) is 4.57 Å². The van der Waals surface area contributed by atoms with Crippen molar-refractivity contribution in [3.8, 4) is 0 Å². The fraction of sp³-hybridized carbons (Fsp3) is 0.133. The Labute approximate surface area is 128 Å². The second kappa shape index (κ2) is 5.38. The highest BCUT2D eigenvalue weighted by Gasteiger charge is 2.38. The molecule has 0 saturated carbocycles. The van der Waals surface area contributed by atoms with Crippen molar-refractivity contribution < 1.29 is 23.1 Å². The Bertz CT molecular complexity index is 873. The van der Waals surface area contributed by atoms with E-state index in [2.05, 4.69) is 9.97 Å². The zero-order valence-electron chi connectivity index (χ0n) is 11.6. The molecule has 0 unspecified atom stereocenters. The van der Waals surface area contributed by atoms with E-state index < -0.39 is 18.0 Å². The Morgan fingerprint density at radius 2 is 1.87 bits per heavy atom. The molecule has 0 aliphatic rings. The van der Waals surface area contributed by atoms with Crippen LogP contribution in [0.5, 0.6) is 0 Å². The van der Waals surface area contributed by atoms with Crippen molar-refractivity contribution in [2.45, 2.75) is 12.7 Å². The van der Waals surface area contributed by atoms with Gasteiger partial charge in [0.05, 0.1) is 11.1 Å². The van der Waals surface area contributed by atoms with Crippen molar-refractivity contribution in [3.05, 3.63) is 59.7 Å². The van der Waals surface area contributed by atoms with Gasteiger partial charge >= 0.3 is 12.1 Å². The predicted octanol–water partition coefficient (Wildman–Crippen LogP) is 3.20. The molecule has 2 heterocycles. The summed E-state index contributed by atoms with van der Waals surface area (Å²) in [5.74, 6) is -2.45. The highest BCUT2D eigenvalue weighted by Crippen LogP contribution is 2.33. The molecule has 0 aliphatic carbocycles. The Balaban J connectivity index is 2.25. The number of fused-ring (bicyclic) bond motifs is 1. The maximum Gasteiger partial charge on any atom is 0.449 e. The number of para-hydroxylation sites is 1. The number of halogens is 3. The summed E-state index contributed by atoms with van der Waals surface area (Å²) in [6, 6.07) is 7.23. The van der Waals surface area contributed by atoms with Crippen molar-refractivity contribution >= 4 is 17.0 Å². The van der Waals surface area contributed by atoms with Gasteiger partial charge in [0.1, 0.15) is 5.52 Å². The average molecular weight is 321 g/mol. The quantitative estimate of drug-likeness (QED) is 0.804. The van der Waals surface area contributed by atoms with Gasteiger partial charge in [0.15, 0.2) is 0 Å². The molecule has 0 atom stereocenters. The van der Waals surface area contributed by atoms with E-state index in [1.807, 2.05) is 0 Å². The van der Waals surface area contributed by atoms with E-state index in [4.69, 9.17) is 5.11 Å². The number of aromatic carboxylic acids is 1. The fourth-order valence-corrected chi connectivity index (χ4v) is 2.37. The second-order valence-corrected chi connectivity index (χ2v) is 4.85. The molecule has 23 heavy (non-hydrogen) atoms. The third-order valence-corrected chi connectivity index (χ3v) is 3.35. The Hall–Kier alpha value is -2.90. The summed E-state index contributed by atoms with van der Waals surface area (Å²) in [6.45, 7) is -0.0864. The number of imidazole rings is 1. The summed E-state index contributed by atoms with van der Waals surface area (Å²) < 4.78 is 40.8. The first-order valence-electron chi connectivity index (χ1n) is 6.56. The summed E-state index contributed by atoms with van der Waals surface area (Å²) in [7, 11) is 0. The molecule has 3 aromatic rings. The largest absolute Gasteiger partial charge is 0.478 e. The maximum absolute atomic E-state index is 13.3. The maximum atomic E-state index is 13.3. The first-order chi connectivity index (χ1) is 10.9. The minimum atomic E-state index is -4.69. The number of hydrogen-bond acceptors (Lipinski definition) is 3. The highest BCUT2D eigenvalue weighted by molar-refractivity contribution is 6.01. The minimum Gasteiger partial charge on any atom is -0.478 e. The second-order valence-electron chi connectivity index (χ2n) is 4.85. The lowest BCUT2D eigenvalue weighted by atomic mass is 10.2. The number of nitrogens with zero attached hydrogens (tertiary/aromatic N) is 3. The number of carboxylic acid groups (broad SMARTS) is 1. The monoisotopic (exact) mass is 321 g/mol. The number of benzene rings is 1. The molecule has 2 aromatic heterocycles. The van der Waals surface area contributed by atoms with Gasteiger partial charge in [-0.2, -0.15) is 13.2 Å². The van der Waals surface area contributed by atoms with E-state index in [1.165, 1.54) is 30.6 Å². The van der Waals surface area contributed by atoms with Gasteiger partial charge < -0.3 is 9.67 Å². The van der Waals surface area contributed by atoms with Crippen LogP contribution in [0.3, 0.4) is 0 Å². The minimum absolute atomic E-state index is 0.0864. The normalized spacial score (nSPS) is 11.8. The zero-order chi connectivity index (χ0) is 16.6. The SMILES string of the molecule is O=C(O)c1cccc2c1nc(C(F)(F)F)n2Cc1ccncc1. The summed E-state index contributed by atoms with van der Waals surface area (Å²) >= 11 is 0. The number of alkyl halides is 3. The molecule has 8 heteroatoms. The third-order valence-electron chi connectivity index (χ3n) is 3.35. The van der Waals surface area contributed by atoms with Crippen LogP contribution in [0.25, 0.3) is 11.0 Å². The van der Waals surface area contributed by atoms with Crippen LogP contribution < -0.4 is 0 Å². The fourth-order valence-electron chi connectivity index (χ4n) is 2.37. The first-order valence-corrected chi connectivity index (χ1v) is 6.56. The van der Waals surface area contributed by atoms with Crippen LogP contribution in [0.4, 0.5) is 13.2 Å². The molecule has 118 valence electrons. The molecule has 0 fully saturated rings. The summed E-state index contributed by atoms with van der Waals surface area (Å²) in [4.78, 5) is 18.6. The standard InChI is InChI=1S/C15H10F3N3O2/c16-15(17,18)14-20-12-10(13(22)23)2-1-3-11(12)21(14)8-9-4-6-19-7-5-9/h1-7H,8H2,(H,22,23). The van der Waals surface area contributed by atoms with E-state index >= 15 is 0 Å². The predicted molar refractivity (Wildman–Crippen MR) is 75.0 cm³/mol. The molecule has 0 amide bonds. The van der Waals surface area contributed by atoms with Gasteiger partial charge in [-0.15, -0.1) is 0 Å². The number of pyridine rings is 1. The number of carboxylic acids is 1. The third kappa shape index (κ3) is 2.75. The molecular weight excluding hydrogens is 311 g/mol. The molecule has 1 N–H and O–H groups in total. The molecule has 5 nitrogen and oxygen atoms in total. The molecule has 0 bridgehead atoms. The van der Waals surface area contributed by atoms with Crippen molar-refractivity contribution in [3.63, 3.8) is 0 Å². The van der Waals surface area contributed by atoms with Gasteiger partial charge in [-0.25, -0.2) is 9.78 Å². The van der Waals surface area contributed by atoms with E-state index in [9.17, 15) is 18.0 Å². The van der Waals surface area contributed by atoms with Crippen molar-refractivity contribution in [2.24, 2.45) is 0 Å². The molecule has 0 radical (unpaired) electrons. The first kappa shape index (κ1) is 15.0. The van der Waals surface area contributed by atoms with Crippen molar-refractivity contribution in [1.82, 2.24) is 14.5 Å². The zero-order valence-corrected chi connectivity index (χ0v) is 11.6. The molecule has 0 aliphatic heterocycles. The summed E-state index contributed by atoms with van der Waals surface area (Å²) in [5, 5.41) is 9.14. The van der Waals surface area contributed by atoms with Gasteiger partial charge in [0, 0.05) is 18.9 Å². The van der Waals surface area contributed by atoms with Crippen LogP contribution in [0, 0.1) is 0 Å². The molecule has 0 spiro atoms. The van der Waals surface area contributed by atoms with Crippen LogP contribution in [-0.4, -0.2) is 25.6 Å². The Morgan fingerprint density at radius 3 is 2.48 bits per heavy atom.